The Morgan fingerprint density at radius 3 is 2.18 bits per heavy atom. The summed E-state index contributed by atoms with van der Waals surface area (Å²) in [5.74, 6) is -7.29. The lowest BCUT2D eigenvalue weighted by molar-refractivity contribution is -0.172. The van der Waals surface area contributed by atoms with Crippen LogP contribution in [0.4, 0.5) is 9.59 Å². The standard InChI is InChI=1S/C34H37Cl6N3O12/c1-13-11-14(2)32-17(12-20(50-5)27(45)52-22(13)16(4)51-30(48)42-28(46)33(35,36)37)8-9-18-21(32)23(54-31(49)43-29(47)34(38,39)40)15(3)24(25(18)55-32)53-26(44)19-7-6-10-41-19/h6-11,13,15-18,20-25,41H,12H2,1-5H3,(H,42,46,48)(H,43,47,49)/b14-11+/t13-,15-,16-,17-,18-,20+,21+,22+,23-,24-,25-,32+/m1/s1. The summed E-state index contributed by atoms with van der Waals surface area (Å²) in [5, 5.41) is 3.76. The van der Waals surface area contributed by atoms with E-state index in [0.29, 0.717) is 5.57 Å². The van der Waals surface area contributed by atoms with Crippen LogP contribution in [0.1, 0.15) is 44.6 Å². The number of carbonyl (C=O) groups excluding carboxylic acids is 6. The van der Waals surface area contributed by atoms with Gasteiger partial charge in [-0.05, 0) is 38.0 Å². The first kappa shape index (κ1) is 43.4. The van der Waals surface area contributed by atoms with Crippen molar-refractivity contribution in [3.05, 3.63) is 47.8 Å². The van der Waals surface area contributed by atoms with Crippen molar-refractivity contribution in [2.45, 2.75) is 83.9 Å². The first-order valence-corrected chi connectivity index (χ1v) is 19.2. The number of rotatable bonds is 6. The minimum absolute atomic E-state index is 0.00644. The van der Waals surface area contributed by atoms with Crippen LogP contribution >= 0.6 is 69.6 Å². The molecule has 0 aromatic carbocycles. The number of imide groups is 2. The van der Waals surface area contributed by atoms with Crippen LogP contribution in [-0.4, -0.2) is 97.8 Å². The van der Waals surface area contributed by atoms with Crippen molar-refractivity contribution in [2.75, 3.05) is 7.11 Å². The van der Waals surface area contributed by atoms with Crippen molar-refractivity contribution in [1.82, 2.24) is 15.6 Å². The molecule has 12 atom stereocenters. The monoisotopic (exact) mass is 889 g/mol. The van der Waals surface area contributed by atoms with Crippen molar-refractivity contribution in [3.8, 4) is 0 Å². The molecule has 4 amide bonds. The van der Waals surface area contributed by atoms with Crippen LogP contribution in [-0.2, 0) is 42.8 Å². The summed E-state index contributed by atoms with van der Waals surface area (Å²) >= 11 is 33.8. The molecule has 2 aliphatic heterocycles. The fourth-order valence-electron chi connectivity index (χ4n) is 8.03. The number of nitrogens with one attached hydrogen (secondary N) is 3. The third-order valence-electron chi connectivity index (χ3n) is 10.4. The quantitative estimate of drug-likeness (QED) is 0.137. The van der Waals surface area contributed by atoms with Gasteiger partial charge in [0.05, 0.1) is 0 Å². The van der Waals surface area contributed by atoms with Gasteiger partial charge in [-0.15, -0.1) is 0 Å². The summed E-state index contributed by atoms with van der Waals surface area (Å²) in [6, 6.07) is 3.16. The van der Waals surface area contributed by atoms with E-state index in [0.717, 1.165) is 0 Å². The number of hydrogen-bond acceptors (Lipinski definition) is 12. The number of alkyl carbamates (subject to hydrolysis) is 2. The Bertz CT molecular complexity index is 1750. The highest BCUT2D eigenvalue weighted by Crippen LogP contribution is 2.62. The van der Waals surface area contributed by atoms with E-state index in [1.54, 1.807) is 39.1 Å². The summed E-state index contributed by atoms with van der Waals surface area (Å²) in [5.41, 5.74) is -0.576. The molecule has 15 nitrogen and oxygen atoms in total. The van der Waals surface area contributed by atoms with E-state index in [2.05, 4.69) is 4.98 Å². The number of esters is 2. The Kier molecular flexibility index (Phi) is 13.1. The average Bonchev–Trinajstić information content (AvgIpc) is 3.68. The molecule has 0 radical (unpaired) electrons. The molecule has 1 spiro atoms. The summed E-state index contributed by atoms with van der Waals surface area (Å²) < 4.78 is 31.1. The Labute approximate surface area is 345 Å². The number of H-pyrrole nitrogens is 1. The molecule has 1 aromatic rings. The topological polar surface area (TPSA) is 198 Å². The van der Waals surface area contributed by atoms with Gasteiger partial charge in [-0.25, -0.2) is 19.2 Å². The summed E-state index contributed by atoms with van der Waals surface area (Å²) in [4.78, 5) is 80.4. The van der Waals surface area contributed by atoms with E-state index in [-0.39, 0.29) is 12.1 Å². The molecule has 55 heavy (non-hydrogen) atoms. The molecule has 2 fully saturated rings. The maximum atomic E-state index is 13.7. The Morgan fingerprint density at radius 1 is 0.964 bits per heavy atom. The number of aromatic nitrogens is 1. The van der Waals surface area contributed by atoms with Gasteiger partial charge in [0.1, 0.15) is 41.8 Å². The molecule has 0 unspecified atom stereocenters. The zero-order valence-corrected chi connectivity index (χ0v) is 34.2. The number of halogens is 6. The van der Waals surface area contributed by atoms with Gasteiger partial charge in [-0.3, -0.25) is 20.2 Å². The summed E-state index contributed by atoms with van der Waals surface area (Å²) in [6.45, 7) is 6.64. The molecular formula is C34H37Cl6N3O12. The molecule has 4 bridgehead atoms. The molecule has 1 saturated heterocycles. The third-order valence-corrected chi connectivity index (χ3v) is 11.4. The minimum atomic E-state index is -2.48. The number of ether oxygens (including phenoxy) is 6. The SMILES string of the molecule is CO[C@H]1C[C@H]2C=C[C@H]3[C@H]4O[C@]2(/C(C)=C/[C@@H](C)[C@@H]([C@@H](C)OC(=O)NC(=O)C(Cl)(Cl)Cl)OC1=O)[C@@H]3[C@H](OC(=O)NC(=O)C(Cl)(Cl)Cl)[C@@H](C)[C@H]4OC(=O)c1ccc[nH]1. The van der Waals surface area contributed by atoms with Crippen LogP contribution in [0, 0.1) is 29.6 Å². The molecule has 4 aliphatic rings. The zero-order chi connectivity index (χ0) is 40.8. The molecule has 3 heterocycles. The van der Waals surface area contributed by atoms with E-state index in [4.69, 9.17) is 98.0 Å². The fourth-order valence-corrected chi connectivity index (χ4v) is 8.31. The van der Waals surface area contributed by atoms with Crippen LogP contribution in [0.3, 0.4) is 0 Å². The van der Waals surface area contributed by atoms with E-state index in [1.807, 2.05) is 22.8 Å². The third kappa shape index (κ3) is 8.89. The number of aromatic amines is 1. The maximum Gasteiger partial charge on any atom is 0.414 e. The predicted octanol–water partition coefficient (Wildman–Crippen LogP) is 5.66. The van der Waals surface area contributed by atoms with Crippen molar-refractivity contribution in [2.24, 2.45) is 29.6 Å². The number of amides is 4. The first-order chi connectivity index (χ1) is 25.6. The number of methoxy groups -OCH3 is 1. The summed E-state index contributed by atoms with van der Waals surface area (Å²) in [7, 11) is 1.32. The second-order valence-corrected chi connectivity index (χ2v) is 18.3. The summed E-state index contributed by atoms with van der Waals surface area (Å²) in [6.07, 6.45) is -1.83. The van der Waals surface area contributed by atoms with Crippen molar-refractivity contribution in [3.63, 3.8) is 0 Å². The van der Waals surface area contributed by atoms with Crippen molar-refractivity contribution < 1.29 is 57.2 Å². The molecule has 3 N–H and O–H groups in total. The van der Waals surface area contributed by atoms with E-state index >= 15 is 0 Å². The average molecular weight is 892 g/mol. The van der Waals surface area contributed by atoms with Crippen LogP contribution in [0.2, 0.25) is 0 Å². The van der Waals surface area contributed by atoms with Gasteiger partial charge in [0, 0.05) is 42.9 Å². The lowest BCUT2D eigenvalue weighted by atomic mass is 9.57. The molecule has 1 aromatic heterocycles. The molecule has 302 valence electrons. The maximum absolute atomic E-state index is 13.7. The smallest absolute Gasteiger partial charge is 0.414 e. The number of cyclic esters (lactones) is 1. The Balaban J connectivity index is 1.56. The van der Waals surface area contributed by atoms with Crippen molar-refractivity contribution in [1.29, 1.82) is 0 Å². The Hall–Kier alpha value is -2.76. The highest BCUT2D eigenvalue weighted by atomic mass is 35.6. The fraction of sp³-hybridized carbons (Fsp3) is 0.588. The molecule has 2 aliphatic carbocycles. The predicted molar refractivity (Wildman–Crippen MR) is 198 cm³/mol. The van der Waals surface area contributed by atoms with E-state index < -0.39 is 115 Å². The van der Waals surface area contributed by atoms with Gasteiger partial charge in [0.15, 0.2) is 6.10 Å². The second-order valence-electron chi connectivity index (χ2n) is 13.7. The van der Waals surface area contributed by atoms with Gasteiger partial charge < -0.3 is 33.4 Å². The second kappa shape index (κ2) is 16.6. The zero-order valence-electron chi connectivity index (χ0n) is 29.7. The van der Waals surface area contributed by atoms with Crippen molar-refractivity contribution >= 4 is 106 Å². The van der Waals surface area contributed by atoms with Gasteiger partial charge in [0.2, 0.25) is 0 Å². The minimum Gasteiger partial charge on any atom is -0.456 e. The molecular weight excluding hydrogens is 855 g/mol. The van der Waals surface area contributed by atoms with Gasteiger partial charge in [-0.1, -0.05) is 102 Å². The Morgan fingerprint density at radius 2 is 1.60 bits per heavy atom. The van der Waals surface area contributed by atoms with Gasteiger partial charge in [0.25, 0.3) is 19.4 Å². The van der Waals surface area contributed by atoms with Crippen LogP contribution in [0.25, 0.3) is 0 Å². The van der Waals surface area contributed by atoms with E-state index in [1.165, 1.54) is 20.1 Å². The highest BCUT2D eigenvalue weighted by molar-refractivity contribution is 6.77. The number of carbonyl (C=O) groups is 6. The largest absolute Gasteiger partial charge is 0.456 e. The van der Waals surface area contributed by atoms with Crippen LogP contribution in [0.15, 0.2) is 42.1 Å². The van der Waals surface area contributed by atoms with E-state index in [9.17, 15) is 28.8 Å². The molecule has 5 rings (SSSR count). The van der Waals surface area contributed by atoms with Crippen LogP contribution < -0.4 is 10.6 Å². The first-order valence-electron chi connectivity index (χ1n) is 16.9. The molecule has 1 saturated carbocycles. The van der Waals surface area contributed by atoms with Crippen LogP contribution in [0.5, 0.6) is 0 Å². The lowest BCUT2D eigenvalue weighted by Crippen LogP contribution is -2.59. The normalized spacial score (nSPS) is 34.5. The molecule has 21 heteroatoms. The highest BCUT2D eigenvalue weighted by Gasteiger charge is 2.70. The number of hydrogen-bond donors (Lipinski definition) is 3. The van der Waals surface area contributed by atoms with Gasteiger partial charge in [-0.2, -0.15) is 0 Å². The number of alkyl halides is 6. The van der Waals surface area contributed by atoms with Gasteiger partial charge >= 0.3 is 24.1 Å². The lowest BCUT2D eigenvalue weighted by Gasteiger charge is -2.49.